The molecular formula is C22H26N4. The Kier molecular flexibility index (Phi) is 5.21. The normalized spacial score (nSPS) is 11.2. The molecule has 0 saturated heterocycles. The van der Waals surface area contributed by atoms with Crippen LogP contribution in [0.5, 0.6) is 0 Å². The summed E-state index contributed by atoms with van der Waals surface area (Å²) in [5.41, 5.74) is 4.57. The SMILES string of the molecule is Cc1cc(NCc2ccccc2)nc(Nc2ccc(C(C)(C)C)cc2)n1. The summed E-state index contributed by atoms with van der Waals surface area (Å²) in [5.74, 6) is 1.42. The smallest absolute Gasteiger partial charge is 0.229 e. The lowest BCUT2D eigenvalue weighted by atomic mass is 9.87. The van der Waals surface area contributed by atoms with E-state index in [2.05, 4.69) is 77.8 Å². The van der Waals surface area contributed by atoms with Crippen molar-refractivity contribution < 1.29 is 0 Å². The van der Waals surface area contributed by atoms with Crippen LogP contribution in [-0.4, -0.2) is 9.97 Å². The van der Waals surface area contributed by atoms with Crippen LogP contribution in [-0.2, 0) is 12.0 Å². The van der Waals surface area contributed by atoms with Crippen LogP contribution in [0.2, 0.25) is 0 Å². The summed E-state index contributed by atoms with van der Waals surface area (Å²) in [5, 5.41) is 6.67. The first-order valence-electron chi connectivity index (χ1n) is 8.91. The molecule has 134 valence electrons. The van der Waals surface area contributed by atoms with Gasteiger partial charge in [-0.25, -0.2) is 4.98 Å². The molecule has 0 saturated carbocycles. The van der Waals surface area contributed by atoms with Gasteiger partial charge in [0.15, 0.2) is 0 Å². The largest absolute Gasteiger partial charge is 0.366 e. The molecule has 0 spiro atoms. The fraction of sp³-hybridized carbons (Fsp3) is 0.273. The number of nitrogens with one attached hydrogen (secondary N) is 2. The Labute approximate surface area is 155 Å². The molecule has 0 bridgehead atoms. The molecule has 0 amide bonds. The van der Waals surface area contributed by atoms with Crippen LogP contribution in [0.1, 0.15) is 37.6 Å². The highest BCUT2D eigenvalue weighted by molar-refractivity contribution is 5.56. The Morgan fingerprint density at radius 3 is 2.23 bits per heavy atom. The zero-order chi connectivity index (χ0) is 18.6. The van der Waals surface area contributed by atoms with Gasteiger partial charge in [0, 0.05) is 24.0 Å². The number of benzene rings is 2. The average Bonchev–Trinajstić information content (AvgIpc) is 2.60. The summed E-state index contributed by atoms with van der Waals surface area (Å²) in [6.45, 7) is 9.34. The second-order valence-corrected chi connectivity index (χ2v) is 7.51. The Morgan fingerprint density at radius 2 is 1.58 bits per heavy atom. The van der Waals surface area contributed by atoms with Gasteiger partial charge in [-0.3, -0.25) is 0 Å². The molecule has 3 rings (SSSR count). The molecule has 4 heteroatoms. The van der Waals surface area contributed by atoms with Crippen molar-refractivity contribution in [2.75, 3.05) is 10.6 Å². The van der Waals surface area contributed by atoms with E-state index in [0.717, 1.165) is 23.7 Å². The van der Waals surface area contributed by atoms with Gasteiger partial charge in [0.1, 0.15) is 5.82 Å². The predicted molar refractivity (Wildman–Crippen MR) is 109 cm³/mol. The zero-order valence-corrected chi connectivity index (χ0v) is 15.9. The van der Waals surface area contributed by atoms with E-state index in [1.165, 1.54) is 11.1 Å². The van der Waals surface area contributed by atoms with E-state index in [4.69, 9.17) is 0 Å². The van der Waals surface area contributed by atoms with E-state index in [0.29, 0.717) is 5.95 Å². The van der Waals surface area contributed by atoms with Gasteiger partial charge in [-0.15, -0.1) is 0 Å². The maximum Gasteiger partial charge on any atom is 0.229 e. The minimum Gasteiger partial charge on any atom is -0.366 e. The van der Waals surface area contributed by atoms with Crippen molar-refractivity contribution >= 4 is 17.5 Å². The fourth-order valence-corrected chi connectivity index (χ4v) is 2.69. The van der Waals surface area contributed by atoms with E-state index >= 15 is 0 Å². The van der Waals surface area contributed by atoms with E-state index in [9.17, 15) is 0 Å². The lowest BCUT2D eigenvalue weighted by molar-refractivity contribution is 0.590. The first-order valence-corrected chi connectivity index (χ1v) is 8.91. The van der Waals surface area contributed by atoms with E-state index in [-0.39, 0.29) is 5.41 Å². The third kappa shape index (κ3) is 4.82. The van der Waals surface area contributed by atoms with Crippen LogP contribution in [0.15, 0.2) is 60.7 Å². The first kappa shape index (κ1) is 17.9. The molecule has 0 atom stereocenters. The highest BCUT2D eigenvalue weighted by Gasteiger charge is 2.13. The number of aromatic nitrogens is 2. The molecule has 1 aromatic heterocycles. The first-order chi connectivity index (χ1) is 12.4. The monoisotopic (exact) mass is 346 g/mol. The third-order valence-corrected chi connectivity index (χ3v) is 4.18. The summed E-state index contributed by atoms with van der Waals surface area (Å²) in [4.78, 5) is 9.07. The van der Waals surface area contributed by atoms with Crippen LogP contribution < -0.4 is 10.6 Å². The maximum atomic E-state index is 4.58. The molecule has 2 N–H and O–H groups in total. The standard InChI is InChI=1S/C22H26N4/c1-16-14-20(23-15-17-8-6-5-7-9-17)26-21(24-16)25-19-12-10-18(11-13-19)22(2,3)4/h5-14H,15H2,1-4H3,(H2,23,24,25,26). The van der Waals surface area contributed by atoms with Crippen LogP contribution in [0, 0.1) is 6.92 Å². The Morgan fingerprint density at radius 1 is 0.885 bits per heavy atom. The van der Waals surface area contributed by atoms with E-state index < -0.39 is 0 Å². The second-order valence-electron chi connectivity index (χ2n) is 7.51. The molecule has 0 aliphatic heterocycles. The van der Waals surface area contributed by atoms with Crippen molar-refractivity contribution in [2.24, 2.45) is 0 Å². The summed E-state index contributed by atoms with van der Waals surface area (Å²) < 4.78 is 0. The molecular weight excluding hydrogens is 320 g/mol. The topological polar surface area (TPSA) is 49.8 Å². The molecule has 0 radical (unpaired) electrons. The molecule has 0 aliphatic carbocycles. The zero-order valence-electron chi connectivity index (χ0n) is 15.9. The van der Waals surface area contributed by atoms with Crippen molar-refractivity contribution in [2.45, 2.75) is 39.7 Å². The third-order valence-electron chi connectivity index (χ3n) is 4.18. The van der Waals surface area contributed by atoms with Gasteiger partial charge in [-0.1, -0.05) is 63.2 Å². The van der Waals surface area contributed by atoms with Crippen molar-refractivity contribution in [3.8, 4) is 0 Å². The van der Waals surface area contributed by atoms with Crippen molar-refractivity contribution in [1.29, 1.82) is 0 Å². The van der Waals surface area contributed by atoms with Gasteiger partial charge in [0.25, 0.3) is 0 Å². The predicted octanol–water partition coefficient (Wildman–Crippen LogP) is 5.44. The van der Waals surface area contributed by atoms with Crippen LogP contribution in [0.25, 0.3) is 0 Å². The van der Waals surface area contributed by atoms with Gasteiger partial charge in [0.05, 0.1) is 0 Å². The van der Waals surface area contributed by atoms with Crippen LogP contribution >= 0.6 is 0 Å². The Hall–Kier alpha value is -2.88. The van der Waals surface area contributed by atoms with Gasteiger partial charge < -0.3 is 10.6 Å². The Balaban J connectivity index is 1.71. The lowest BCUT2D eigenvalue weighted by Crippen LogP contribution is -2.10. The van der Waals surface area contributed by atoms with Crippen molar-refractivity contribution in [1.82, 2.24) is 9.97 Å². The minimum absolute atomic E-state index is 0.146. The highest BCUT2D eigenvalue weighted by atomic mass is 15.1. The van der Waals surface area contributed by atoms with E-state index in [1.807, 2.05) is 31.2 Å². The molecule has 0 aliphatic rings. The van der Waals surface area contributed by atoms with Crippen molar-refractivity contribution in [3.63, 3.8) is 0 Å². The minimum atomic E-state index is 0.146. The number of hydrogen-bond donors (Lipinski definition) is 2. The molecule has 1 heterocycles. The van der Waals surface area contributed by atoms with Gasteiger partial charge in [-0.05, 0) is 35.6 Å². The molecule has 0 unspecified atom stereocenters. The fourth-order valence-electron chi connectivity index (χ4n) is 2.69. The number of aryl methyl sites for hydroxylation is 1. The molecule has 3 aromatic rings. The van der Waals surface area contributed by atoms with Crippen LogP contribution in [0.4, 0.5) is 17.5 Å². The average molecular weight is 346 g/mol. The van der Waals surface area contributed by atoms with Crippen molar-refractivity contribution in [3.05, 3.63) is 77.5 Å². The Bertz CT molecular complexity index is 850. The number of hydrogen-bond acceptors (Lipinski definition) is 4. The molecule has 2 aromatic carbocycles. The summed E-state index contributed by atoms with van der Waals surface area (Å²) in [7, 11) is 0. The quantitative estimate of drug-likeness (QED) is 0.646. The van der Waals surface area contributed by atoms with Gasteiger partial charge >= 0.3 is 0 Å². The van der Waals surface area contributed by atoms with E-state index in [1.54, 1.807) is 0 Å². The molecule has 26 heavy (non-hydrogen) atoms. The van der Waals surface area contributed by atoms with Gasteiger partial charge in [0.2, 0.25) is 5.95 Å². The van der Waals surface area contributed by atoms with Crippen LogP contribution in [0.3, 0.4) is 0 Å². The summed E-state index contributed by atoms with van der Waals surface area (Å²) in [6.07, 6.45) is 0. The number of rotatable bonds is 5. The summed E-state index contributed by atoms with van der Waals surface area (Å²) >= 11 is 0. The highest BCUT2D eigenvalue weighted by Crippen LogP contribution is 2.24. The number of anilines is 3. The summed E-state index contributed by atoms with van der Waals surface area (Å²) in [6, 6.07) is 20.7. The molecule has 0 fully saturated rings. The lowest BCUT2D eigenvalue weighted by Gasteiger charge is -2.19. The van der Waals surface area contributed by atoms with Gasteiger partial charge in [-0.2, -0.15) is 4.98 Å². The molecule has 4 nitrogen and oxygen atoms in total. The maximum absolute atomic E-state index is 4.58. The number of nitrogens with zero attached hydrogens (tertiary/aromatic N) is 2. The second kappa shape index (κ2) is 7.56.